The van der Waals surface area contributed by atoms with Crippen LogP contribution in [-0.4, -0.2) is 35.8 Å². The minimum Gasteiger partial charge on any atom is -0.494 e. The van der Waals surface area contributed by atoms with E-state index < -0.39 is 17.6 Å². The summed E-state index contributed by atoms with van der Waals surface area (Å²) in [7, 11) is 0. The molecule has 0 aromatic heterocycles. The van der Waals surface area contributed by atoms with Crippen molar-refractivity contribution < 1.29 is 19.1 Å². The van der Waals surface area contributed by atoms with Crippen molar-refractivity contribution in [1.29, 1.82) is 0 Å². The molecule has 0 aromatic rings. The highest BCUT2D eigenvalue weighted by Gasteiger charge is 2.22. The van der Waals surface area contributed by atoms with Crippen LogP contribution in [0.5, 0.6) is 0 Å². The summed E-state index contributed by atoms with van der Waals surface area (Å²) in [5.41, 5.74) is 1.63. The lowest BCUT2D eigenvalue weighted by Crippen LogP contribution is -2.37. The van der Waals surface area contributed by atoms with Gasteiger partial charge in [-0.3, -0.25) is 4.79 Å². The van der Waals surface area contributed by atoms with E-state index in [4.69, 9.17) is 26.9 Å². The predicted octanol–water partition coefficient (Wildman–Crippen LogP) is 4.27. The topological polar surface area (TPSA) is 93.9 Å². The number of hydrogen-bond donors (Lipinski definition) is 2. The number of hydrogen-bond acceptors (Lipinski definition) is 5. The van der Waals surface area contributed by atoms with E-state index in [1.807, 2.05) is 13.0 Å². The average molecular weight is 426 g/mol. The van der Waals surface area contributed by atoms with Crippen LogP contribution in [0.3, 0.4) is 0 Å². The van der Waals surface area contributed by atoms with Crippen LogP contribution >= 0.6 is 11.6 Å². The van der Waals surface area contributed by atoms with Crippen molar-refractivity contribution in [1.82, 2.24) is 10.3 Å². The van der Waals surface area contributed by atoms with Gasteiger partial charge in [0.15, 0.2) is 0 Å². The SMILES string of the molecule is C=C(OCCCNC(=O)OC(C)(C)C)/C(C)=C(/Cl)C(=O)N(N)C1=CC(C)=CCC1. The zero-order valence-electron chi connectivity index (χ0n) is 17.9. The van der Waals surface area contributed by atoms with Crippen molar-refractivity contribution >= 4 is 23.6 Å². The van der Waals surface area contributed by atoms with Crippen LogP contribution in [0.2, 0.25) is 0 Å². The number of carbonyl (C=O) groups is 2. The summed E-state index contributed by atoms with van der Waals surface area (Å²) in [4.78, 5) is 24.1. The maximum absolute atomic E-state index is 12.6. The molecule has 0 radical (unpaired) electrons. The van der Waals surface area contributed by atoms with Crippen molar-refractivity contribution in [2.24, 2.45) is 5.84 Å². The molecular weight excluding hydrogens is 394 g/mol. The maximum Gasteiger partial charge on any atom is 0.407 e. The fourth-order valence-electron chi connectivity index (χ4n) is 2.43. The molecule has 0 fully saturated rings. The molecule has 0 atom stereocenters. The van der Waals surface area contributed by atoms with E-state index in [2.05, 4.69) is 18.0 Å². The van der Waals surface area contributed by atoms with Crippen LogP contribution in [0.25, 0.3) is 0 Å². The third-order valence-electron chi connectivity index (χ3n) is 3.99. The monoisotopic (exact) mass is 425 g/mol. The molecule has 0 heterocycles. The van der Waals surface area contributed by atoms with Gasteiger partial charge in [-0.25, -0.2) is 15.6 Å². The minimum atomic E-state index is -0.542. The summed E-state index contributed by atoms with van der Waals surface area (Å²) in [6, 6.07) is 0. The largest absolute Gasteiger partial charge is 0.494 e. The van der Waals surface area contributed by atoms with E-state index in [0.717, 1.165) is 17.0 Å². The zero-order valence-corrected chi connectivity index (χ0v) is 18.7. The molecule has 3 N–H and O–H groups in total. The first-order valence-electron chi connectivity index (χ1n) is 9.54. The van der Waals surface area contributed by atoms with E-state index >= 15 is 0 Å². The van der Waals surface area contributed by atoms with E-state index in [1.165, 1.54) is 0 Å². The fourth-order valence-corrected chi connectivity index (χ4v) is 2.63. The smallest absolute Gasteiger partial charge is 0.407 e. The highest BCUT2D eigenvalue weighted by Crippen LogP contribution is 2.24. The second-order valence-electron chi connectivity index (χ2n) is 7.79. The number of amides is 2. The number of nitrogens with one attached hydrogen (secondary N) is 1. The summed E-state index contributed by atoms with van der Waals surface area (Å²) in [6.45, 7) is 13.5. The van der Waals surface area contributed by atoms with E-state index in [1.54, 1.807) is 27.7 Å². The predicted molar refractivity (Wildman–Crippen MR) is 115 cm³/mol. The zero-order chi connectivity index (χ0) is 22.2. The van der Waals surface area contributed by atoms with Gasteiger partial charge in [0, 0.05) is 17.8 Å². The number of rotatable bonds is 8. The highest BCUT2D eigenvalue weighted by atomic mass is 35.5. The van der Waals surface area contributed by atoms with Crippen molar-refractivity contribution in [3.63, 3.8) is 0 Å². The quantitative estimate of drug-likeness (QED) is 0.115. The highest BCUT2D eigenvalue weighted by molar-refractivity contribution is 6.42. The molecule has 0 unspecified atom stereocenters. The lowest BCUT2D eigenvalue weighted by atomic mass is 10.1. The van der Waals surface area contributed by atoms with Gasteiger partial charge in [0.25, 0.3) is 5.91 Å². The first kappa shape index (κ1) is 24.8. The van der Waals surface area contributed by atoms with Gasteiger partial charge in [0.1, 0.15) is 16.4 Å². The van der Waals surface area contributed by atoms with E-state index in [-0.39, 0.29) is 10.8 Å². The van der Waals surface area contributed by atoms with Crippen molar-refractivity contribution in [3.05, 3.63) is 46.4 Å². The first-order chi connectivity index (χ1) is 13.4. The number of hydrazine groups is 1. The Morgan fingerprint density at radius 3 is 2.62 bits per heavy atom. The Labute approximate surface area is 178 Å². The Balaban J connectivity index is 2.50. The molecule has 0 spiro atoms. The van der Waals surface area contributed by atoms with Crippen molar-refractivity contribution in [3.8, 4) is 0 Å². The number of halogens is 1. The fraction of sp³-hybridized carbons (Fsp3) is 0.524. The van der Waals surface area contributed by atoms with Crippen LogP contribution < -0.4 is 11.2 Å². The van der Waals surface area contributed by atoms with Crippen LogP contribution in [0.1, 0.15) is 53.9 Å². The van der Waals surface area contributed by atoms with Gasteiger partial charge >= 0.3 is 6.09 Å². The van der Waals surface area contributed by atoms with Gasteiger partial charge in [-0.05, 0) is 60.0 Å². The number of nitrogens with two attached hydrogens (primary N) is 1. The Morgan fingerprint density at radius 1 is 1.38 bits per heavy atom. The van der Waals surface area contributed by atoms with Gasteiger partial charge in [0.2, 0.25) is 0 Å². The van der Waals surface area contributed by atoms with Gasteiger partial charge in [-0.1, -0.05) is 29.8 Å². The number of allylic oxidation sites excluding steroid dienone is 5. The minimum absolute atomic E-state index is 0.0440. The molecule has 0 saturated carbocycles. The molecule has 0 aliphatic heterocycles. The average Bonchev–Trinajstić information content (AvgIpc) is 2.63. The van der Waals surface area contributed by atoms with Crippen LogP contribution in [-0.2, 0) is 14.3 Å². The van der Waals surface area contributed by atoms with Crippen LogP contribution in [0.15, 0.2) is 46.4 Å². The number of carbonyl (C=O) groups excluding carboxylic acids is 2. The van der Waals surface area contributed by atoms with Crippen LogP contribution in [0.4, 0.5) is 4.79 Å². The standard InChI is InChI=1S/C21H32ClN3O4/c1-14-9-7-10-17(13-14)25(23)19(26)18(22)15(2)16(3)28-12-8-11-24-20(27)29-21(4,5)6/h9,13H,3,7-8,10-12,23H2,1-2,4-6H3,(H,24,27)/b18-15+. The van der Waals surface area contributed by atoms with Gasteiger partial charge in [-0.15, -0.1) is 0 Å². The number of alkyl carbamates (subject to hydrolysis) is 1. The molecule has 1 aliphatic rings. The lowest BCUT2D eigenvalue weighted by molar-refractivity contribution is -0.125. The molecule has 1 aliphatic carbocycles. The second-order valence-corrected chi connectivity index (χ2v) is 8.17. The molecule has 0 aromatic carbocycles. The van der Waals surface area contributed by atoms with Crippen molar-refractivity contribution in [2.45, 2.75) is 59.5 Å². The normalized spacial score (nSPS) is 14.9. The number of nitrogens with zero attached hydrogens (tertiary/aromatic N) is 1. The molecule has 0 bridgehead atoms. The Morgan fingerprint density at radius 2 is 2.03 bits per heavy atom. The summed E-state index contributed by atoms with van der Waals surface area (Å²) < 4.78 is 10.7. The summed E-state index contributed by atoms with van der Waals surface area (Å²) in [5, 5.41) is 3.67. The molecular formula is C21H32ClN3O4. The molecule has 0 saturated heterocycles. The van der Waals surface area contributed by atoms with Gasteiger partial charge < -0.3 is 14.8 Å². The maximum atomic E-state index is 12.6. The molecule has 1 rings (SSSR count). The Hall–Kier alpha value is -2.25. The molecule has 2 amide bonds. The van der Waals surface area contributed by atoms with E-state index in [0.29, 0.717) is 37.3 Å². The summed E-state index contributed by atoms with van der Waals surface area (Å²) >= 11 is 6.22. The van der Waals surface area contributed by atoms with E-state index in [9.17, 15) is 9.59 Å². The molecule has 162 valence electrons. The van der Waals surface area contributed by atoms with Gasteiger partial charge in [-0.2, -0.15) is 0 Å². The summed E-state index contributed by atoms with van der Waals surface area (Å²) in [6.07, 6.45) is 5.50. The number of ether oxygens (including phenoxy) is 2. The third kappa shape index (κ3) is 8.75. The Kier molecular flexibility index (Phi) is 9.46. The van der Waals surface area contributed by atoms with Crippen LogP contribution in [0, 0.1) is 0 Å². The Bertz CT molecular complexity index is 733. The van der Waals surface area contributed by atoms with Crippen molar-refractivity contribution in [2.75, 3.05) is 13.2 Å². The third-order valence-corrected chi connectivity index (χ3v) is 4.44. The summed E-state index contributed by atoms with van der Waals surface area (Å²) in [5.74, 6) is 5.72. The van der Waals surface area contributed by atoms with Gasteiger partial charge in [0.05, 0.1) is 6.61 Å². The molecule has 29 heavy (non-hydrogen) atoms. The first-order valence-corrected chi connectivity index (χ1v) is 9.92. The molecule has 8 heteroatoms. The second kappa shape index (κ2) is 11.1. The lowest BCUT2D eigenvalue weighted by Gasteiger charge is -2.23. The molecule has 7 nitrogen and oxygen atoms in total.